The van der Waals surface area contributed by atoms with Crippen molar-refractivity contribution in [1.29, 1.82) is 0 Å². The molecule has 76 valence electrons. The lowest BCUT2D eigenvalue weighted by molar-refractivity contribution is 0.0988. The molecular formula is C9H11NO3S. The Kier molecular flexibility index (Phi) is 3.03. The van der Waals surface area contributed by atoms with Crippen LogP contribution in [0.5, 0.6) is 0 Å². The Morgan fingerprint density at radius 3 is 2.14 bits per heavy atom. The molecule has 14 heavy (non-hydrogen) atoms. The zero-order valence-electron chi connectivity index (χ0n) is 7.73. The molecule has 1 aromatic carbocycles. The highest BCUT2D eigenvalue weighted by Crippen LogP contribution is 2.10. The van der Waals surface area contributed by atoms with Crippen LogP contribution in [0.1, 0.15) is 23.7 Å². The van der Waals surface area contributed by atoms with Crippen molar-refractivity contribution in [2.45, 2.75) is 18.2 Å². The SMILES string of the molecule is CCC(=O)c1ccc(S(N)(=O)=O)cc1. The molecule has 0 heterocycles. The number of rotatable bonds is 3. The third-order valence-corrected chi connectivity index (χ3v) is 2.76. The van der Waals surface area contributed by atoms with Crippen LogP contribution in [0.25, 0.3) is 0 Å². The van der Waals surface area contributed by atoms with Gasteiger partial charge in [0.1, 0.15) is 0 Å². The second-order valence-electron chi connectivity index (χ2n) is 2.85. The number of Topliss-reactive ketones (excluding diaryl/α,β-unsaturated/α-hetero) is 1. The van der Waals surface area contributed by atoms with E-state index in [-0.39, 0.29) is 10.7 Å². The molecule has 0 bridgehead atoms. The van der Waals surface area contributed by atoms with Gasteiger partial charge < -0.3 is 0 Å². The van der Waals surface area contributed by atoms with Gasteiger partial charge in [0.2, 0.25) is 10.0 Å². The minimum Gasteiger partial charge on any atom is -0.294 e. The number of primary sulfonamides is 1. The van der Waals surface area contributed by atoms with Gasteiger partial charge in [-0.05, 0) is 12.1 Å². The molecule has 4 nitrogen and oxygen atoms in total. The molecule has 5 heteroatoms. The largest absolute Gasteiger partial charge is 0.294 e. The highest BCUT2D eigenvalue weighted by molar-refractivity contribution is 7.89. The molecule has 0 saturated carbocycles. The molecule has 0 unspecified atom stereocenters. The normalized spacial score (nSPS) is 11.3. The maximum absolute atomic E-state index is 11.2. The number of hydrogen-bond donors (Lipinski definition) is 1. The summed E-state index contributed by atoms with van der Waals surface area (Å²) in [5.74, 6) is -0.0223. The van der Waals surface area contributed by atoms with E-state index in [1.54, 1.807) is 6.92 Å². The fourth-order valence-corrected chi connectivity index (χ4v) is 1.55. The van der Waals surface area contributed by atoms with Crippen LogP contribution < -0.4 is 5.14 Å². The Morgan fingerprint density at radius 1 is 1.29 bits per heavy atom. The van der Waals surface area contributed by atoms with Crippen molar-refractivity contribution >= 4 is 15.8 Å². The quantitative estimate of drug-likeness (QED) is 0.758. The summed E-state index contributed by atoms with van der Waals surface area (Å²) >= 11 is 0. The number of sulfonamides is 1. The lowest BCUT2D eigenvalue weighted by Gasteiger charge is -1.99. The Labute approximate surface area is 82.8 Å². The maximum Gasteiger partial charge on any atom is 0.238 e. The fourth-order valence-electron chi connectivity index (χ4n) is 1.03. The summed E-state index contributed by atoms with van der Waals surface area (Å²) in [7, 11) is -3.66. The third-order valence-electron chi connectivity index (χ3n) is 1.83. The second-order valence-corrected chi connectivity index (χ2v) is 4.41. The zero-order valence-corrected chi connectivity index (χ0v) is 8.54. The van der Waals surface area contributed by atoms with Crippen molar-refractivity contribution in [2.24, 2.45) is 5.14 Å². The standard InChI is InChI=1S/C9H11NO3S/c1-2-9(11)7-3-5-8(6-4-7)14(10,12)13/h3-6H,2H2,1H3,(H2,10,12,13). The van der Waals surface area contributed by atoms with Gasteiger partial charge in [-0.1, -0.05) is 19.1 Å². The topological polar surface area (TPSA) is 77.2 Å². The molecule has 2 N–H and O–H groups in total. The molecular weight excluding hydrogens is 202 g/mol. The minimum atomic E-state index is -3.66. The van der Waals surface area contributed by atoms with Crippen molar-refractivity contribution < 1.29 is 13.2 Å². The second kappa shape index (κ2) is 3.89. The van der Waals surface area contributed by atoms with E-state index in [4.69, 9.17) is 5.14 Å². The average molecular weight is 213 g/mol. The van der Waals surface area contributed by atoms with Crippen LogP contribution in [0.15, 0.2) is 29.2 Å². The average Bonchev–Trinajstić information content (AvgIpc) is 2.15. The van der Waals surface area contributed by atoms with Crippen LogP contribution in [0.4, 0.5) is 0 Å². The molecule has 0 atom stereocenters. The first kappa shape index (κ1) is 10.9. The van der Waals surface area contributed by atoms with E-state index in [9.17, 15) is 13.2 Å². The smallest absolute Gasteiger partial charge is 0.238 e. The van der Waals surface area contributed by atoms with Crippen molar-refractivity contribution in [3.05, 3.63) is 29.8 Å². The number of nitrogens with two attached hydrogens (primary N) is 1. The first-order chi connectivity index (χ1) is 6.45. The lowest BCUT2D eigenvalue weighted by atomic mass is 10.1. The Bertz CT molecular complexity index is 434. The van der Waals surface area contributed by atoms with E-state index in [1.807, 2.05) is 0 Å². The number of benzene rings is 1. The van der Waals surface area contributed by atoms with Crippen molar-refractivity contribution in [3.63, 3.8) is 0 Å². The molecule has 0 aromatic heterocycles. The van der Waals surface area contributed by atoms with E-state index in [1.165, 1.54) is 24.3 Å². The van der Waals surface area contributed by atoms with Gasteiger partial charge in [0.05, 0.1) is 4.90 Å². The Hall–Kier alpha value is -1.20. The highest BCUT2D eigenvalue weighted by atomic mass is 32.2. The van der Waals surface area contributed by atoms with Gasteiger partial charge in [-0.3, -0.25) is 4.79 Å². The van der Waals surface area contributed by atoms with Crippen molar-refractivity contribution in [2.75, 3.05) is 0 Å². The van der Waals surface area contributed by atoms with Crippen LogP contribution >= 0.6 is 0 Å². The number of carbonyl (C=O) groups is 1. The number of ketones is 1. The van der Waals surface area contributed by atoms with Gasteiger partial charge in [0.25, 0.3) is 0 Å². The monoisotopic (exact) mass is 213 g/mol. The molecule has 0 aliphatic carbocycles. The molecule has 1 rings (SSSR count). The van der Waals surface area contributed by atoms with E-state index >= 15 is 0 Å². The van der Waals surface area contributed by atoms with Crippen molar-refractivity contribution in [1.82, 2.24) is 0 Å². The lowest BCUT2D eigenvalue weighted by Crippen LogP contribution is -2.12. The van der Waals surface area contributed by atoms with Gasteiger partial charge >= 0.3 is 0 Å². The summed E-state index contributed by atoms with van der Waals surface area (Å²) < 4.78 is 21.8. The molecule has 0 spiro atoms. The molecule has 0 aliphatic rings. The van der Waals surface area contributed by atoms with Crippen molar-refractivity contribution in [3.8, 4) is 0 Å². The molecule has 0 fully saturated rings. The number of hydrogen-bond acceptors (Lipinski definition) is 3. The predicted molar refractivity (Wildman–Crippen MR) is 52.4 cm³/mol. The molecule has 0 amide bonds. The van der Waals surface area contributed by atoms with Crippen LogP contribution in [-0.2, 0) is 10.0 Å². The zero-order chi connectivity index (χ0) is 10.8. The van der Waals surface area contributed by atoms with Gasteiger partial charge in [-0.2, -0.15) is 0 Å². The third kappa shape index (κ3) is 2.40. The van der Waals surface area contributed by atoms with E-state index in [0.29, 0.717) is 12.0 Å². The maximum atomic E-state index is 11.2. The van der Waals surface area contributed by atoms with E-state index in [0.717, 1.165) is 0 Å². The van der Waals surface area contributed by atoms with Gasteiger partial charge in [-0.15, -0.1) is 0 Å². The van der Waals surface area contributed by atoms with Crippen LogP contribution in [-0.4, -0.2) is 14.2 Å². The van der Waals surface area contributed by atoms with E-state index < -0.39 is 10.0 Å². The first-order valence-electron chi connectivity index (χ1n) is 4.11. The molecule has 0 aliphatic heterocycles. The minimum absolute atomic E-state index is 0.0187. The summed E-state index contributed by atoms with van der Waals surface area (Å²) in [6.07, 6.45) is 0.398. The fraction of sp³-hybridized carbons (Fsp3) is 0.222. The van der Waals surface area contributed by atoms with E-state index in [2.05, 4.69) is 0 Å². The van der Waals surface area contributed by atoms with Crippen LogP contribution in [0.2, 0.25) is 0 Å². The summed E-state index contributed by atoms with van der Waals surface area (Å²) in [4.78, 5) is 11.2. The highest BCUT2D eigenvalue weighted by Gasteiger charge is 2.08. The molecule has 0 saturated heterocycles. The summed E-state index contributed by atoms with van der Waals surface area (Å²) in [6, 6.07) is 5.59. The van der Waals surface area contributed by atoms with Gasteiger partial charge in [-0.25, -0.2) is 13.6 Å². The molecule has 1 aromatic rings. The Morgan fingerprint density at radius 2 is 1.79 bits per heavy atom. The van der Waals surface area contributed by atoms with Gasteiger partial charge in [0.15, 0.2) is 5.78 Å². The van der Waals surface area contributed by atoms with Crippen LogP contribution in [0, 0.1) is 0 Å². The summed E-state index contributed by atoms with van der Waals surface area (Å²) in [5.41, 5.74) is 0.500. The number of carbonyl (C=O) groups excluding carboxylic acids is 1. The predicted octanol–water partition coefficient (Wildman–Crippen LogP) is 0.927. The Balaban J connectivity index is 3.07. The first-order valence-corrected chi connectivity index (χ1v) is 5.66. The van der Waals surface area contributed by atoms with Crippen LogP contribution in [0.3, 0.4) is 0 Å². The molecule has 0 radical (unpaired) electrons. The summed E-state index contributed by atoms with van der Waals surface area (Å²) in [6.45, 7) is 1.75. The van der Waals surface area contributed by atoms with Gasteiger partial charge in [0, 0.05) is 12.0 Å². The summed E-state index contributed by atoms with van der Waals surface area (Å²) in [5, 5.41) is 4.90.